The van der Waals surface area contributed by atoms with Crippen LogP contribution in [0.4, 0.5) is 22.0 Å². The molecule has 1 rings (SSSR count). The molecule has 1 heterocycles. The Labute approximate surface area is 99.8 Å². The molecule has 0 aliphatic rings. The molecule has 0 saturated carbocycles. The van der Waals surface area contributed by atoms with Gasteiger partial charge >= 0.3 is 12.7 Å². The molecule has 0 fully saturated rings. The van der Waals surface area contributed by atoms with Crippen molar-refractivity contribution in [2.24, 2.45) is 0 Å². The highest BCUT2D eigenvalue weighted by molar-refractivity contribution is 4.92. The summed E-state index contributed by atoms with van der Waals surface area (Å²) in [6.45, 7) is -4.01. The Morgan fingerprint density at radius 3 is 2.72 bits per heavy atom. The fourth-order valence-corrected chi connectivity index (χ4v) is 1.19. The van der Waals surface area contributed by atoms with E-state index in [0.29, 0.717) is 4.57 Å². The van der Waals surface area contributed by atoms with E-state index in [1.807, 2.05) is 0 Å². The number of rotatable bonds is 7. The smallest absolute Gasteiger partial charge is 0.371 e. The van der Waals surface area contributed by atoms with E-state index in [0.717, 1.165) is 6.20 Å². The highest BCUT2D eigenvalue weighted by atomic mass is 19.4. The molecule has 9 heteroatoms. The maximum absolute atomic E-state index is 12.4. The van der Waals surface area contributed by atoms with E-state index in [1.165, 1.54) is 6.20 Å². The van der Waals surface area contributed by atoms with E-state index in [2.05, 4.69) is 15.0 Å². The molecule has 4 nitrogen and oxygen atoms in total. The average Bonchev–Trinajstić information content (AvgIpc) is 2.69. The van der Waals surface area contributed by atoms with Crippen LogP contribution < -0.4 is 5.32 Å². The van der Waals surface area contributed by atoms with Crippen molar-refractivity contribution >= 4 is 0 Å². The average molecular weight is 273 g/mol. The molecular formula is C9H12F5N3O. The van der Waals surface area contributed by atoms with Crippen molar-refractivity contribution in [3.8, 4) is 0 Å². The number of hydrogen-bond acceptors (Lipinski definition) is 3. The fraction of sp³-hybridized carbons (Fsp3) is 0.667. The number of aromatic nitrogens is 2. The van der Waals surface area contributed by atoms with Gasteiger partial charge in [-0.15, -0.1) is 0 Å². The monoisotopic (exact) mass is 273 g/mol. The van der Waals surface area contributed by atoms with Gasteiger partial charge in [0.05, 0.1) is 13.2 Å². The van der Waals surface area contributed by atoms with Crippen LogP contribution >= 0.6 is 0 Å². The van der Waals surface area contributed by atoms with Crippen LogP contribution in [0.3, 0.4) is 0 Å². The lowest BCUT2D eigenvalue weighted by molar-refractivity contribution is -0.173. The molecule has 1 N–H and O–H groups in total. The summed E-state index contributed by atoms with van der Waals surface area (Å²) in [6, 6.07) is 0. The molecule has 0 amide bonds. The highest BCUT2D eigenvalue weighted by Crippen LogP contribution is 2.14. The van der Waals surface area contributed by atoms with Gasteiger partial charge in [0.25, 0.3) is 0 Å². The van der Waals surface area contributed by atoms with Crippen LogP contribution in [-0.2, 0) is 11.3 Å². The van der Waals surface area contributed by atoms with Gasteiger partial charge in [0.2, 0.25) is 0 Å². The van der Waals surface area contributed by atoms with E-state index < -0.39 is 19.3 Å². The van der Waals surface area contributed by atoms with Gasteiger partial charge in [-0.1, -0.05) is 0 Å². The summed E-state index contributed by atoms with van der Waals surface area (Å²) >= 11 is 0. The second-order valence-electron chi connectivity index (χ2n) is 3.37. The highest BCUT2D eigenvalue weighted by Gasteiger charge is 2.27. The number of halogens is 5. The maximum atomic E-state index is 12.4. The first-order valence-corrected chi connectivity index (χ1v) is 5.05. The summed E-state index contributed by atoms with van der Waals surface area (Å²) in [5.74, 6) is 0.112. The molecule has 1 aromatic heterocycles. The topological polar surface area (TPSA) is 39.1 Å². The number of hydrogen-bond donors (Lipinski definition) is 1. The van der Waals surface area contributed by atoms with Gasteiger partial charge in [-0.05, 0) is 0 Å². The third-order valence-electron chi connectivity index (χ3n) is 1.93. The third kappa shape index (κ3) is 5.41. The Morgan fingerprint density at radius 1 is 1.39 bits per heavy atom. The Hall–Kier alpha value is -1.22. The van der Waals surface area contributed by atoms with E-state index in [1.54, 1.807) is 0 Å². The predicted molar refractivity (Wildman–Crippen MR) is 52.1 cm³/mol. The van der Waals surface area contributed by atoms with Gasteiger partial charge in [-0.3, -0.25) is 4.57 Å². The van der Waals surface area contributed by atoms with Crippen molar-refractivity contribution in [3.05, 3.63) is 18.2 Å². The van der Waals surface area contributed by atoms with Gasteiger partial charge in [0.1, 0.15) is 12.4 Å². The Bertz CT molecular complexity index is 352. The lowest BCUT2D eigenvalue weighted by Crippen LogP contribution is -2.24. The number of nitrogens with one attached hydrogen (secondary N) is 1. The van der Waals surface area contributed by atoms with Crippen LogP contribution in [0.1, 0.15) is 12.4 Å². The molecule has 0 atom stereocenters. The van der Waals surface area contributed by atoms with Crippen molar-refractivity contribution in [2.45, 2.75) is 19.3 Å². The molecule has 0 aromatic carbocycles. The van der Waals surface area contributed by atoms with Gasteiger partial charge in [-0.25, -0.2) is 4.98 Å². The fourth-order valence-electron chi connectivity index (χ4n) is 1.19. The summed E-state index contributed by atoms with van der Waals surface area (Å²) in [7, 11) is 0. The molecule has 0 radical (unpaired) electrons. The maximum Gasteiger partial charge on any atom is 0.411 e. The van der Waals surface area contributed by atoms with Crippen LogP contribution in [-0.4, -0.2) is 35.5 Å². The molecule has 0 spiro atoms. The van der Waals surface area contributed by atoms with E-state index in [4.69, 9.17) is 0 Å². The quantitative estimate of drug-likeness (QED) is 0.609. The summed E-state index contributed by atoms with van der Waals surface area (Å²) in [6.07, 6.45) is -2.00. The van der Waals surface area contributed by atoms with Gasteiger partial charge in [0.15, 0.2) is 0 Å². The van der Waals surface area contributed by atoms with Crippen LogP contribution in [0.5, 0.6) is 0 Å². The number of nitrogens with zero attached hydrogens (tertiary/aromatic N) is 2. The summed E-state index contributed by atoms with van der Waals surface area (Å²) in [5, 5.41) is 2.66. The van der Waals surface area contributed by atoms with Crippen molar-refractivity contribution in [1.29, 1.82) is 0 Å². The molecule has 0 aliphatic heterocycles. The first-order chi connectivity index (χ1) is 8.40. The van der Waals surface area contributed by atoms with Crippen LogP contribution in [0.15, 0.2) is 12.4 Å². The molecule has 0 bridgehead atoms. The molecule has 104 valence electrons. The summed E-state index contributed by atoms with van der Waals surface area (Å²) in [5.41, 5.74) is 0. The van der Waals surface area contributed by atoms with Gasteiger partial charge in [0, 0.05) is 18.9 Å². The zero-order chi connectivity index (χ0) is 13.6. The second-order valence-corrected chi connectivity index (χ2v) is 3.37. The zero-order valence-electron chi connectivity index (χ0n) is 9.25. The van der Waals surface area contributed by atoms with E-state index >= 15 is 0 Å². The standard InChI is InChI=1S/C9H12F5N3O/c10-8(11)17-3-1-16-7(17)5-15-2-4-18-6-9(12,13)14/h1,3,8,15H,2,4-6H2. The Kier molecular flexibility index (Phi) is 5.48. The lowest BCUT2D eigenvalue weighted by atomic mass is 10.5. The lowest BCUT2D eigenvalue weighted by Gasteiger charge is -2.09. The first-order valence-electron chi connectivity index (χ1n) is 5.05. The Balaban J connectivity index is 2.16. The minimum absolute atomic E-state index is 0.0344. The first kappa shape index (κ1) is 14.8. The van der Waals surface area contributed by atoms with Crippen molar-refractivity contribution in [3.63, 3.8) is 0 Å². The number of ether oxygens (including phenoxy) is 1. The molecule has 1 aromatic rings. The minimum atomic E-state index is -4.36. The normalized spacial score (nSPS) is 12.3. The van der Waals surface area contributed by atoms with Gasteiger partial charge < -0.3 is 10.1 Å². The number of alkyl halides is 5. The van der Waals surface area contributed by atoms with Crippen molar-refractivity contribution in [1.82, 2.24) is 14.9 Å². The van der Waals surface area contributed by atoms with Crippen LogP contribution in [0, 0.1) is 0 Å². The molecule has 0 saturated heterocycles. The Morgan fingerprint density at radius 2 is 2.11 bits per heavy atom. The zero-order valence-corrected chi connectivity index (χ0v) is 9.25. The predicted octanol–water partition coefficient (Wildman–Crippen LogP) is 1.95. The van der Waals surface area contributed by atoms with Crippen LogP contribution in [0.25, 0.3) is 0 Å². The molecule has 0 unspecified atom stereocenters. The largest absolute Gasteiger partial charge is 0.411 e. The van der Waals surface area contributed by atoms with E-state index in [9.17, 15) is 22.0 Å². The summed E-state index contributed by atoms with van der Waals surface area (Å²) < 4.78 is 64.8. The minimum Gasteiger partial charge on any atom is -0.371 e. The SMILES string of the molecule is FC(F)n1ccnc1CNCCOCC(F)(F)F. The van der Waals surface area contributed by atoms with Crippen LogP contribution in [0.2, 0.25) is 0 Å². The van der Waals surface area contributed by atoms with Crippen molar-refractivity contribution < 1.29 is 26.7 Å². The van der Waals surface area contributed by atoms with E-state index in [-0.39, 0.29) is 25.5 Å². The summed E-state index contributed by atoms with van der Waals surface area (Å²) in [4.78, 5) is 3.69. The molecular weight excluding hydrogens is 261 g/mol. The number of imidazole rings is 1. The molecule has 18 heavy (non-hydrogen) atoms. The molecule has 0 aliphatic carbocycles. The van der Waals surface area contributed by atoms with Crippen molar-refractivity contribution in [2.75, 3.05) is 19.8 Å². The van der Waals surface area contributed by atoms with Gasteiger partial charge in [-0.2, -0.15) is 22.0 Å². The second kappa shape index (κ2) is 6.64. The third-order valence-corrected chi connectivity index (χ3v) is 1.93.